The minimum absolute atomic E-state index is 0.214. The summed E-state index contributed by atoms with van der Waals surface area (Å²) in [6, 6.07) is 12.9. The molecule has 0 unspecified atom stereocenters. The van der Waals surface area contributed by atoms with Gasteiger partial charge in [0.15, 0.2) is 4.77 Å². The number of aromatic amines is 2. The minimum atomic E-state index is -0.286. The number of aryl methyl sites for hydroxylation is 1. The van der Waals surface area contributed by atoms with Crippen molar-refractivity contribution < 1.29 is 9.63 Å². The van der Waals surface area contributed by atoms with Crippen molar-refractivity contribution in [2.75, 3.05) is 6.54 Å². The Kier molecular flexibility index (Phi) is 4.79. The van der Waals surface area contributed by atoms with Crippen LogP contribution in [-0.2, 0) is 4.84 Å². The van der Waals surface area contributed by atoms with Crippen LogP contribution >= 0.6 is 12.2 Å². The second kappa shape index (κ2) is 7.40. The van der Waals surface area contributed by atoms with E-state index in [1.807, 2.05) is 31.2 Å². The molecule has 0 bridgehead atoms. The summed E-state index contributed by atoms with van der Waals surface area (Å²) in [4.78, 5) is 35.2. The van der Waals surface area contributed by atoms with Crippen LogP contribution in [0.15, 0.2) is 52.4 Å². The summed E-state index contributed by atoms with van der Waals surface area (Å²) in [6.07, 6.45) is 0.415. The van der Waals surface area contributed by atoms with E-state index in [1.165, 1.54) is 5.56 Å². The second-order valence-electron chi connectivity index (χ2n) is 6.71. The van der Waals surface area contributed by atoms with Crippen molar-refractivity contribution in [3.05, 3.63) is 74.3 Å². The summed E-state index contributed by atoms with van der Waals surface area (Å²) in [7, 11) is 0. The van der Waals surface area contributed by atoms with Crippen molar-refractivity contribution in [1.29, 1.82) is 0 Å². The highest BCUT2D eigenvalue weighted by atomic mass is 32.1. The van der Waals surface area contributed by atoms with E-state index in [2.05, 4.69) is 20.4 Å². The smallest absolute Gasteiger partial charge is 0.259 e. The van der Waals surface area contributed by atoms with Crippen LogP contribution in [0.5, 0.6) is 0 Å². The Labute approximate surface area is 165 Å². The first-order chi connectivity index (χ1) is 13.5. The quantitative estimate of drug-likeness (QED) is 0.593. The molecular formula is C20H18N4O3S. The van der Waals surface area contributed by atoms with Crippen molar-refractivity contribution in [1.82, 2.24) is 15.3 Å². The largest absolute Gasteiger partial charge is 0.390 e. The number of nitrogens with one attached hydrogen (secondary N) is 3. The Morgan fingerprint density at radius 3 is 2.82 bits per heavy atom. The third kappa shape index (κ3) is 3.72. The monoisotopic (exact) mass is 394 g/mol. The van der Waals surface area contributed by atoms with Crippen LogP contribution in [0.3, 0.4) is 0 Å². The molecule has 3 N–H and O–H groups in total. The first-order valence-corrected chi connectivity index (χ1v) is 9.25. The van der Waals surface area contributed by atoms with E-state index in [0.717, 1.165) is 11.3 Å². The molecule has 0 radical (unpaired) electrons. The topological polar surface area (TPSA) is 99.3 Å². The molecule has 0 saturated carbocycles. The first kappa shape index (κ1) is 18.1. The van der Waals surface area contributed by atoms with Gasteiger partial charge in [-0.15, -0.1) is 0 Å². The van der Waals surface area contributed by atoms with Crippen molar-refractivity contribution in [3.8, 4) is 0 Å². The predicted molar refractivity (Wildman–Crippen MR) is 109 cm³/mol. The molecule has 1 atom stereocenters. The number of nitrogens with zero attached hydrogens (tertiary/aromatic N) is 1. The molecule has 0 fully saturated rings. The Morgan fingerprint density at radius 1 is 1.25 bits per heavy atom. The molecule has 142 valence electrons. The Hall–Kier alpha value is -3.26. The molecule has 8 heteroatoms. The maximum atomic E-state index is 12.5. The number of H-pyrrole nitrogens is 2. The molecule has 1 amide bonds. The summed E-state index contributed by atoms with van der Waals surface area (Å²) in [6.45, 7) is 2.37. The fourth-order valence-electron chi connectivity index (χ4n) is 3.07. The number of aromatic nitrogens is 2. The zero-order valence-corrected chi connectivity index (χ0v) is 15.9. The number of hydrogen-bond acceptors (Lipinski definition) is 5. The van der Waals surface area contributed by atoms with Gasteiger partial charge < -0.3 is 15.1 Å². The maximum Gasteiger partial charge on any atom is 0.259 e. The molecule has 0 saturated heterocycles. The molecule has 1 aliphatic rings. The third-order valence-corrected chi connectivity index (χ3v) is 4.81. The molecule has 28 heavy (non-hydrogen) atoms. The number of carbonyl (C=O) groups excluding carboxylic acids is 1. The number of oxime groups is 1. The van der Waals surface area contributed by atoms with Crippen molar-refractivity contribution in [2.24, 2.45) is 5.16 Å². The Balaban J connectivity index is 1.40. The molecule has 7 nitrogen and oxygen atoms in total. The summed E-state index contributed by atoms with van der Waals surface area (Å²) in [5, 5.41) is 7.44. The third-order valence-electron chi connectivity index (χ3n) is 4.61. The second-order valence-corrected chi connectivity index (χ2v) is 7.12. The van der Waals surface area contributed by atoms with E-state index in [1.54, 1.807) is 18.2 Å². The molecule has 0 spiro atoms. The van der Waals surface area contributed by atoms with Crippen LogP contribution in [0.25, 0.3) is 10.9 Å². The lowest BCUT2D eigenvalue weighted by Crippen LogP contribution is -2.32. The molecule has 1 aliphatic heterocycles. The van der Waals surface area contributed by atoms with Crippen LogP contribution in [0.2, 0.25) is 0 Å². The fraction of sp³-hybridized carbons (Fsp3) is 0.200. The van der Waals surface area contributed by atoms with Gasteiger partial charge in [-0.2, -0.15) is 0 Å². The van der Waals surface area contributed by atoms with Crippen molar-refractivity contribution in [2.45, 2.75) is 19.4 Å². The zero-order valence-electron chi connectivity index (χ0n) is 15.1. The fourth-order valence-corrected chi connectivity index (χ4v) is 3.28. The van der Waals surface area contributed by atoms with E-state index < -0.39 is 0 Å². The molecule has 1 aromatic heterocycles. The van der Waals surface area contributed by atoms with Gasteiger partial charge in [-0.25, -0.2) is 0 Å². The van der Waals surface area contributed by atoms with E-state index in [0.29, 0.717) is 29.4 Å². The lowest BCUT2D eigenvalue weighted by molar-refractivity contribution is 0.0754. The van der Waals surface area contributed by atoms with Gasteiger partial charge in [0.25, 0.3) is 11.5 Å². The highest BCUT2D eigenvalue weighted by Gasteiger charge is 2.23. The Bertz CT molecular complexity index is 1190. The summed E-state index contributed by atoms with van der Waals surface area (Å²) in [5.41, 5.74) is 3.74. The van der Waals surface area contributed by atoms with Crippen LogP contribution in [0.1, 0.15) is 27.9 Å². The summed E-state index contributed by atoms with van der Waals surface area (Å²) in [5.74, 6) is -0.256. The number of carbonyl (C=O) groups is 1. The van der Waals surface area contributed by atoms with Crippen molar-refractivity contribution in [3.63, 3.8) is 0 Å². The van der Waals surface area contributed by atoms with Crippen LogP contribution in [0, 0.1) is 11.7 Å². The molecule has 2 heterocycles. The number of hydrogen-bond donors (Lipinski definition) is 3. The lowest BCUT2D eigenvalue weighted by Gasteiger charge is -2.10. The summed E-state index contributed by atoms with van der Waals surface area (Å²) >= 11 is 4.98. The van der Waals surface area contributed by atoms with Crippen LogP contribution in [0.4, 0.5) is 0 Å². The highest BCUT2D eigenvalue weighted by molar-refractivity contribution is 7.71. The van der Waals surface area contributed by atoms with Crippen LogP contribution < -0.4 is 10.9 Å². The average molecular weight is 394 g/mol. The van der Waals surface area contributed by atoms with E-state index in [4.69, 9.17) is 17.1 Å². The van der Waals surface area contributed by atoms with Gasteiger partial charge in [-0.1, -0.05) is 35.0 Å². The number of amides is 1. The summed E-state index contributed by atoms with van der Waals surface area (Å²) < 4.78 is 0.218. The zero-order chi connectivity index (χ0) is 19.7. The number of benzene rings is 2. The van der Waals surface area contributed by atoms with Gasteiger partial charge in [-0.3, -0.25) is 14.6 Å². The van der Waals surface area contributed by atoms with Gasteiger partial charge in [0.2, 0.25) is 0 Å². The molecular weight excluding hydrogens is 376 g/mol. The van der Waals surface area contributed by atoms with E-state index in [-0.39, 0.29) is 22.3 Å². The predicted octanol–water partition coefficient (Wildman–Crippen LogP) is 2.82. The average Bonchev–Trinajstić information content (AvgIpc) is 3.15. The Morgan fingerprint density at radius 2 is 2.04 bits per heavy atom. The highest BCUT2D eigenvalue weighted by Crippen LogP contribution is 2.17. The number of rotatable bonds is 4. The van der Waals surface area contributed by atoms with Crippen molar-refractivity contribution >= 4 is 34.7 Å². The normalized spacial score (nSPS) is 15.9. The molecule has 4 rings (SSSR count). The van der Waals surface area contributed by atoms with E-state index >= 15 is 0 Å². The minimum Gasteiger partial charge on any atom is -0.390 e. The van der Waals surface area contributed by atoms with Gasteiger partial charge in [-0.05, 0) is 42.9 Å². The SMILES string of the molecule is Cc1ccc(C2=NO[C@@H](CNC(=O)c3ccc4c(=O)[nH]c(=S)[nH]c4c3)C2)cc1. The standard InChI is InChI=1S/C20H18N4O3S/c1-11-2-4-12(5-3-11)16-9-14(27-24-16)10-21-18(25)13-6-7-15-17(8-13)22-20(28)23-19(15)26/h2-8,14H,9-10H2,1H3,(H,21,25)(H2,22,23,26,28)/t14-/m1/s1. The van der Waals surface area contributed by atoms with Gasteiger partial charge in [0, 0.05) is 12.0 Å². The first-order valence-electron chi connectivity index (χ1n) is 8.84. The van der Waals surface area contributed by atoms with Gasteiger partial charge >= 0.3 is 0 Å². The molecule has 3 aromatic rings. The molecule has 2 aromatic carbocycles. The van der Waals surface area contributed by atoms with E-state index in [9.17, 15) is 9.59 Å². The van der Waals surface area contributed by atoms with Gasteiger partial charge in [0.05, 0.1) is 23.2 Å². The van der Waals surface area contributed by atoms with Crippen LogP contribution in [-0.4, -0.2) is 34.2 Å². The van der Waals surface area contributed by atoms with Gasteiger partial charge in [0.1, 0.15) is 6.10 Å². The molecule has 0 aliphatic carbocycles. The number of fused-ring (bicyclic) bond motifs is 1. The maximum absolute atomic E-state index is 12.5. The lowest BCUT2D eigenvalue weighted by atomic mass is 10.0.